The van der Waals surface area contributed by atoms with Crippen molar-refractivity contribution >= 4 is 10.9 Å². The van der Waals surface area contributed by atoms with Crippen LogP contribution in [0.1, 0.15) is 51.5 Å². The molecular formula is C19H28N2. The molecule has 0 saturated carbocycles. The smallest absolute Gasteiger partial charge is 0.0704 e. The Labute approximate surface area is 129 Å². The largest absolute Gasteiger partial charge is 0.314 e. The second-order valence-corrected chi connectivity index (χ2v) is 5.82. The summed E-state index contributed by atoms with van der Waals surface area (Å²) in [5.41, 5.74) is 2.55. The average Bonchev–Trinajstić information content (AvgIpc) is 2.53. The predicted molar refractivity (Wildman–Crippen MR) is 91.7 cm³/mol. The second-order valence-electron chi connectivity index (χ2n) is 5.82. The van der Waals surface area contributed by atoms with E-state index in [4.69, 9.17) is 0 Å². The van der Waals surface area contributed by atoms with Crippen LogP contribution in [-0.2, 0) is 6.42 Å². The van der Waals surface area contributed by atoms with E-state index in [1.165, 1.54) is 43.1 Å². The van der Waals surface area contributed by atoms with Crippen LogP contribution in [0, 0.1) is 0 Å². The van der Waals surface area contributed by atoms with Gasteiger partial charge >= 0.3 is 0 Å². The number of hydrogen-bond acceptors (Lipinski definition) is 2. The highest BCUT2D eigenvalue weighted by Gasteiger charge is 2.07. The summed E-state index contributed by atoms with van der Waals surface area (Å²) in [6.45, 7) is 5.65. The van der Waals surface area contributed by atoms with Crippen LogP contribution in [0.25, 0.3) is 10.9 Å². The van der Waals surface area contributed by atoms with Crippen molar-refractivity contribution in [3.8, 4) is 0 Å². The summed E-state index contributed by atoms with van der Waals surface area (Å²) < 4.78 is 0. The maximum Gasteiger partial charge on any atom is 0.0704 e. The summed E-state index contributed by atoms with van der Waals surface area (Å²) in [4.78, 5) is 4.44. The van der Waals surface area contributed by atoms with Crippen molar-refractivity contribution in [3.63, 3.8) is 0 Å². The molecule has 0 bridgehead atoms. The standard InChI is InChI=1S/C19H28N2/c1-3-8-17(20-14-4-2)10-7-9-16-13-15-21-19-12-6-5-11-18(16)19/h5-6,11-13,15,17,20H,3-4,7-10,14H2,1-2H3. The first kappa shape index (κ1) is 16.0. The van der Waals surface area contributed by atoms with Crippen molar-refractivity contribution in [2.45, 2.75) is 58.4 Å². The third-order valence-electron chi connectivity index (χ3n) is 4.06. The zero-order valence-corrected chi connectivity index (χ0v) is 13.4. The van der Waals surface area contributed by atoms with Crippen LogP contribution < -0.4 is 5.32 Å². The molecule has 0 aliphatic heterocycles. The van der Waals surface area contributed by atoms with Gasteiger partial charge in [-0.2, -0.15) is 0 Å². The first-order valence-corrected chi connectivity index (χ1v) is 8.41. The molecular weight excluding hydrogens is 256 g/mol. The molecule has 1 aromatic carbocycles. The number of rotatable bonds is 9. The summed E-state index contributed by atoms with van der Waals surface area (Å²) in [5, 5.41) is 4.99. The van der Waals surface area contributed by atoms with Gasteiger partial charge in [-0.3, -0.25) is 4.98 Å². The van der Waals surface area contributed by atoms with Gasteiger partial charge in [-0.1, -0.05) is 38.5 Å². The van der Waals surface area contributed by atoms with E-state index >= 15 is 0 Å². The first-order chi connectivity index (χ1) is 10.3. The van der Waals surface area contributed by atoms with Gasteiger partial charge in [-0.25, -0.2) is 0 Å². The van der Waals surface area contributed by atoms with E-state index in [-0.39, 0.29) is 0 Å². The molecule has 0 radical (unpaired) electrons. The lowest BCUT2D eigenvalue weighted by Gasteiger charge is -2.17. The minimum atomic E-state index is 0.683. The highest BCUT2D eigenvalue weighted by Crippen LogP contribution is 2.19. The number of nitrogens with zero attached hydrogens (tertiary/aromatic N) is 1. The van der Waals surface area contributed by atoms with E-state index in [2.05, 4.69) is 54.5 Å². The summed E-state index contributed by atoms with van der Waals surface area (Å²) in [6, 6.07) is 11.3. The Morgan fingerprint density at radius 2 is 1.90 bits per heavy atom. The fourth-order valence-corrected chi connectivity index (χ4v) is 2.96. The molecule has 21 heavy (non-hydrogen) atoms. The fraction of sp³-hybridized carbons (Fsp3) is 0.526. The summed E-state index contributed by atoms with van der Waals surface area (Å²) in [6.07, 6.45) is 9.37. The fourth-order valence-electron chi connectivity index (χ4n) is 2.96. The number of aromatic nitrogens is 1. The van der Waals surface area contributed by atoms with Crippen LogP contribution in [0.3, 0.4) is 0 Å². The van der Waals surface area contributed by atoms with Crippen molar-refractivity contribution < 1.29 is 0 Å². The maximum absolute atomic E-state index is 4.44. The van der Waals surface area contributed by atoms with Gasteiger partial charge in [-0.15, -0.1) is 0 Å². The molecule has 1 N–H and O–H groups in total. The third kappa shape index (κ3) is 4.82. The topological polar surface area (TPSA) is 24.9 Å². The number of benzene rings is 1. The molecule has 1 atom stereocenters. The molecule has 0 amide bonds. The minimum Gasteiger partial charge on any atom is -0.314 e. The number of pyridine rings is 1. The lowest BCUT2D eigenvalue weighted by Crippen LogP contribution is -2.29. The molecule has 1 unspecified atom stereocenters. The van der Waals surface area contributed by atoms with Gasteiger partial charge in [0.25, 0.3) is 0 Å². The van der Waals surface area contributed by atoms with E-state index in [0.717, 1.165) is 18.5 Å². The van der Waals surface area contributed by atoms with E-state index < -0.39 is 0 Å². The van der Waals surface area contributed by atoms with Crippen molar-refractivity contribution in [1.82, 2.24) is 10.3 Å². The van der Waals surface area contributed by atoms with Crippen LogP contribution in [-0.4, -0.2) is 17.6 Å². The lowest BCUT2D eigenvalue weighted by molar-refractivity contribution is 0.438. The average molecular weight is 284 g/mol. The Morgan fingerprint density at radius 3 is 2.71 bits per heavy atom. The molecule has 2 rings (SSSR count). The number of hydrogen-bond donors (Lipinski definition) is 1. The maximum atomic E-state index is 4.44. The van der Waals surface area contributed by atoms with Crippen molar-refractivity contribution in [3.05, 3.63) is 42.1 Å². The summed E-state index contributed by atoms with van der Waals surface area (Å²) in [5.74, 6) is 0. The number of aryl methyl sites for hydroxylation is 1. The SMILES string of the molecule is CCCNC(CCC)CCCc1ccnc2ccccc12. The normalized spacial score (nSPS) is 12.7. The summed E-state index contributed by atoms with van der Waals surface area (Å²) >= 11 is 0. The van der Waals surface area contributed by atoms with E-state index in [0.29, 0.717) is 6.04 Å². The van der Waals surface area contributed by atoms with Crippen LogP contribution in [0.4, 0.5) is 0 Å². The highest BCUT2D eigenvalue weighted by molar-refractivity contribution is 5.81. The molecule has 0 spiro atoms. The Hall–Kier alpha value is -1.41. The zero-order valence-electron chi connectivity index (χ0n) is 13.4. The van der Waals surface area contributed by atoms with Gasteiger partial charge in [0.2, 0.25) is 0 Å². The van der Waals surface area contributed by atoms with Gasteiger partial charge < -0.3 is 5.32 Å². The van der Waals surface area contributed by atoms with E-state index in [1.54, 1.807) is 0 Å². The molecule has 1 aromatic heterocycles. The third-order valence-corrected chi connectivity index (χ3v) is 4.06. The van der Waals surface area contributed by atoms with E-state index in [1.807, 2.05) is 6.20 Å². The Kier molecular flexibility index (Phi) is 6.68. The number of fused-ring (bicyclic) bond motifs is 1. The predicted octanol–water partition coefficient (Wildman–Crippen LogP) is 4.73. The molecule has 0 saturated heterocycles. The minimum absolute atomic E-state index is 0.683. The van der Waals surface area contributed by atoms with Gasteiger partial charge in [-0.05, 0) is 56.3 Å². The van der Waals surface area contributed by atoms with Gasteiger partial charge in [0.05, 0.1) is 5.52 Å². The Balaban J connectivity index is 1.91. The van der Waals surface area contributed by atoms with Crippen molar-refractivity contribution in [2.24, 2.45) is 0 Å². The number of para-hydroxylation sites is 1. The van der Waals surface area contributed by atoms with E-state index in [9.17, 15) is 0 Å². The van der Waals surface area contributed by atoms with Crippen molar-refractivity contribution in [1.29, 1.82) is 0 Å². The quantitative estimate of drug-likeness (QED) is 0.720. The summed E-state index contributed by atoms with van der Waals surface area (Å²) in [7, 11) is 0. The molecule has 1 heterocycles. The molecule has 0 aliphatic carbocycles. The molecule has 0 fully saturated rings. The van der Waals surface area contributed by atoms with Gasteiger partial charge in [0.1, 0.15) is 0 Å². The van der Waals surface area contributed by atoms with Gasteiger partial charge in [0.15, 0.2) is 0 Å². The molecule has 2 nitrogen and oxygen atoms in total. The van der Waals surface area contributed by atoms with Crippen LogP contribution >= 0.6 is 0 Å². The van der Waals surface area contributed by atoms with Crippen LogP contribution in [0.15, 0.2) is 36.5 Å². The zero-order chi connectivity index (χ0) is 14.9. The second kappa shape index (κ2) is 8.78. The molecule has 114 valence electrons. The monoisotopic (exact) mass is 284 g/mol. The van der Waals surface area contributed by atoms with Crippen LogP contribution in [0.5, 0.6) is 0 Å². The number of nitrogens with one attached hydrogen (secondary N) is 1. The molecule has 2 aromatic rings. The Morgan fingerprint density at radius 1 is 1.05 bits per heavy atom. The first-order valence-electron chi connectivity index (χ1n) is 8.41. The molecule has 2 heteroatoms. The van der Waals surface area contributed by atoms with Crippen LogP contribution in [0.2, 0.25) is 0 Å². The lowest BCUT2D eigenvalue weighted by atomic mass is 9.99. The van der Waals surface area contributed by atoms with Crippen molar-refractivity contribution in [2.75, 3.05) is 6.54 Å². The Bertz CT molecular complexity index is 531. The molecule has 0 aliphatic rings. The van der Waals surface area contributed by atoms with Gasteiger partial charge in [0, 0.05) is 17.6 Å². The highest BCUT2D eigenvalue weighted by atomic mass is 14.9.